The van der Waals surface area contributed by atoms with E-state index in [-0.39, 0.29) is 18.4 Å². The summed E-state index contributed by atoms with van der Waals surface area (Å²) in [5.41, 5.74) is 0. The highest BCUT2D eigenvalue weighted by Gasteiger charge is 2.04. The van der Waals surface area contributed by atoms with Gasteiger partial charge in [0.25, 0.3) is 0 Å². The fourth-order valence-corrected chi connectivity index (χ4v) is 1.18. The number of hydrogen-bond donors (Lipinski definition) is 1. The first-order chi connectivity index (χ1) is 7.20. The maximum absolute atomic E-state index is 11.2. The minimum absolute atomic E-state index is 0.0134. The van der Waals surface area contributed by atoms with E-state index >= 15 is 0 Å². The number of carbonyl (C=O) groups excluding carboxylic acids is 2. The van der Waals surface area contributed by atoms with Gasteiger partial charge in [0.15, 0.2) is 0 Å². The molecule has 0 aliphatic heterocycles. The Hall–Kier alpha value is -1.06. The van der Waals surface area contributed by atoms with E-state index in [0.29, 0.717) is 13.0 Å². The molecule has 0 fully saturated rings. The summed E-state index contributed by atoms with van der Waals surface area (Å²) in [5.74, 6) is -0.446. The van der Waals surface area contributed by atoms with E-state index in [2.05, 4.69) is 17.0 Å². The van der Waals surface area contributed by atoms with Crippen LogP contribution in [0.5, 0.6) is 0 Å². The molecule has 1 amide bonds. The van der Waals surface area contributed by atoms with Gasteiger partial charge in [-0.05, 0) is 13.3 Å². The molecule has 0 saturated carbocycles. The molecule has 0 atom stereocenters. The number of hydrogen-bond acceptors (Lipinski definition) is 3. The minimum atomic E-state index is -0.376. The van der Waals surface area contributed by atoms with E-state index in [1.165, 1.54) is 0 Å². The van der Waals surface area contributed by atoms with Gasteiger partial charge in [0.1, 0.15) is 6.54 Å². The highest BCUT2D eigenvalue weighted by atomic mass is 16.5. The molecule has 0 bridgehead atoms. The lowest BCUT2D eigenvalue weighted by atomic mass is 10.1. The predicted molar refractivity (Wildman–Crippen MR) is 58.4 cm³/mol. The van der Waals surface area contributed by atoms with Crippen LogP contribution in [0.4, 0.5) is 0 Å². The van der Waals surface area contributed by atoms with Crippen LogP contribution >= 0.6 is 0 Å². The zero-order valence-electron chi connectivity index (χ0n) is 9.67. The van der Waals surface area contributed by atoms with Gasteiger partial charge in [0.05, 0.1) is 6.61 Å². The van der Waals surface area contributed by atoms with Gasteiger partial charge >= 0.3 is 5.97 Å². The number of ether oxygens (including phenoxy) is 1. The number of carbonyl (C=O) groups is 2. The van der Waals surface area contributed by atoms with Crippen LogP contribution in [0.25, 0.3) is 0 Å². The van der Waals surface area contributed by atoms with Gasteiger partial charge in [-0.25, -0.2) is 0 Å². The van der Waals surface area contributed by atoms with Crippen molar-refractivity contribution < 1.29 is 14.3 Å². The minimum Gasteiger partial charge on any atom is -0.465 e. The molecular formula is C11H21NO3. The summed E-state index contributed by atoms with van der Waals surface area (Å²) in [6.45, 7) is 4.21. The van der Waals surface area contributed by atoms with Gasteiger partial charge in [-0.1, -0.05) is 26.2 Å². The Bertz CT molecular complexity index is 192. The van der Waals surface area contributed by atoms with Crippen LogP contribution in [0, 0.1) is 0 Å². The largest absolute Gasteiger partial charge is 0.465 e. The van der Waals surface area contributed by atoms with E-state index in [0.717, 1.165) is 25.7 Å². The van der Waals surface area contributed by atoms with E-state index in [1.807, 2.05) is 0 Å². The summed E-state index contributed by atoms with van der Waals surface area (Å²) < 4.78 is 4.68. The number of nitrogens with one attached hydrogen (secondary N) is 1. The molecule has 1 N–H and O–H groups in total. The van der Waals surface area contributed by atoms with Crippen molar-refractivity contribution in [3.05, 3.63) is 0 Å². The normalized spacial score (nSPS) is 9.73. The highest BCUT2D eigenvalue weighted by molar-refractivity contribution is 5.81. The zero-order chi connectivity index (χ0) is 11.5. The molecule has 0 spiro atoms. The van der Waals surface area contributed by atoms with Crippen molar-refractivity contribution in [1.82, 2.24) is 5.32 Å². The first kappa shape index (κ1) is 13.9. The quantitative estimate of drug-likeness (QED) is 0.494. The van der Waals surface area contributed by atoms with E-state index in [1.54, 1.807) is 6.92 Å². The van der Waals surface area contributed by atoms with Crippen molar-refractivity contribution in [3.8, 4) is 0 Å². The van der Waals surface area contributed by atoms with E-state index < -0.39 is 0 Å². The van der Waals surface area contributed by atoms with Crippen molar-refractivity contribution >= 4 is 11.9 Å². The fourth-order valence-electron chi connectivity index (χ4n) is 1.18. The Kier molecular flexibility index (Phi) is 8.82. The van der Waals surface area contributed by atoms with Gasteiger partial charge in [-0.3, -0.25) is 9.59 Å². The zero-order valence-corrected chi connectivity index (χ0v) is 9.67. The average molecular weight is 215 g/mol. The maximum atomic E-state index is 11.2. The van der Waals surface area contributed by atoms with Gasteiger partial charge < -0.3 is 10.1 Å². The molecule has 0 aromatic carbocycles. The van der Waals surface area contributed by atoms with Crippen molar-refractivity contribution in [2.45, 2.75) is 46.0 Å². The number of unbranched alkanes of at least 4 members (excludes halogenated alkanes) is 3. The van der Waals surface area contributed by atoms with Gasteiger partial charge in [-0.15, -0.1) is 0 Å². The first-order valence-corrected chi connectivity index (χ1v) is 5.63. The topological polar surface area (TPSA) is 55.4 Å². The fraction of sp³-hybridized carbons (Fsp3) is 0.818. The smallest absolute Gasteiger partial charge is 0.325 e. The molecule has 0 radical (unpaired) electrons. The third kappa shape index (κ3) is 9.25. The monoisotopic (exact) mass is 215 g/mol. The number of amides is 1. The van der Waals surface area contributed by atoms with Gasteiger partial charge in [0, 0.05) is 6.42 Å². The summed E-state index contributed by atoms with van der Waals surface area (Å²) >= 11 is 0. The van der Waals surface area contributed by atoms with Crippen LogP contribution < -0.4 is 5.32 Å². The molecule has 0 aliphatic rings. The second-order valence-electron chi connectivity index (χ2n) is 3.39. The van der Waals surface area contributed by atoms with Gasteiger partial charge in [-0.2, -0.15) is 0 Å². The number of esters is 1. The summed E-state index contributed by atoms with van der Waals surface area (Å²) in [5, 5.41) is 2.53. The predicted octanol–water partition coefficient (Wildman–Crippen LogP) is 1.64. The molecule has 0 rings (SSSR count). The molecule has 0 aliphatic carbocycles. The Morgan fingerprint density at radius 3 is 2.47 bits per heavy atom. The second kappa shape index (κ2) is 9.49. The van der Waals surface area contributed by atoms with Crippen LogP contribution in [0.15, 0.2) is 0 Å². The summed E-state index contributed by atoms with van der Waals surface area (Å²) in [6, 6.07) is 0. The SMILES string of the molecule is CCCCCCC(=O)NCC(=O)OCC. The van der Waals surface area contributed by atoms with Crippen LogP contribution in [0.2, 0.25) is 0 Å². The Balaban J connectivity index is 3.36. The molecule has 0 aromatic heterocycles. The maximum Gasteiger partial charge on any atom is 0.325 e. The molecule has 4 nitrogen and oxygen atoms in total. The summed E-state index contributed by atoms with van der Waals surface area (Å²) in [6.07, 6.45) is 4.78. The standard InChI is InChI=1S/C11H21NO3/c1-3-5-6-7-8-10(13)12-9-11(14)15-4-2/h3-9H2,1-2H3,(H,12,13). The first-order valence-electron chi connectivity index (χ1n) is 5.63. The van der Waals surface area contributed by atoms with Crippen molar-refractivity contribution in [3.63, 3.8) is 0 Å². The Morgan fingerprint density at radius 2 is 1.87 bits per heavy atom. The molecule has 0 unspecified atom stereocenters. The van der Waals surface area contributed by atoms with Crippen LogP contribution in [-0.4, -0.2) is 25.0 Å². The lowest BCUT2D eigenvalue weighted by Gasteiger charge is -2.04. The van der Waals surface area contributed by atoms with E-state index in [4.69, 9.17) is 0 Å². The van der Waals surface area contributed by atoms with Crippen LogP contribution in [0.3, 0.4) is 0 Å². The molecule has 88 valence electrons. The van der Waals surface area contributed by atoms with Crippen molar-refractivity contribution in [2.24, 2.45) is 0 Å². The Labute approximate surface area is 91.4 Å². The van der Waals surface area contributed by atoms with Crippen molar-refractivity contribution in [1.29, 1.82) is 0 Å². The van der Waals surface area contributed by atoms with Crippen LogP contribution in [0.1, 0.15) is 46.0 Å². The average Bonchev–Trinajstić information content (AvgIpc) is 2.22. The highest BCUT2D eigenvalue weighted by Crippen LogP contribution is 2.01. The molecule has 0 heterocycles. The molecule has 0 saturated heterocycles. The van der Waals surface area contributed by atoms with Crippen LogP contribution in [-0.2, 0) is 14.3 Å². The molecule has 15 heavy (non-hydrogen) atoms. The lowest BCUT2D eigenvalue weighted by molar-refractivity contribution is -0.143. The molecule has 0 aromatic rings. The summed E-state index contributed by atoms with van der Waals surface area (Å²) in [4.78, 5) is 22.1. The Morgan fingerprint density at radius 1 is 1.13 bits per heavy atom. The summed E-state index contributed by atoms with van der Waals surface area (Å²) in [7, 11) is 0. The molecular weight excluding hydrogens is 194 g/mol. The third-order valence-electron chi connectivity index (χ3n) is 1.99. The second-order valence-corrected chi connectivity index (χ2v) is 3.39. The van der Waals surface area contributed by atoms with Crippen molar-refractivity contribution in [2.75, 3.05) is 13.2 Å². The van der Waals surface area contributed by atoms with Gasteiger partial charge in [0.2, 0.25) is 5.91 Å². The van der Waals surface area contributed by atoms with E-state index in [9.17, 15) is 9.59 Å². The lowest BCUT2D eigenvalue weighted by Crippen LogP contribution is -2.30. The number of rotatable bonds is 8. The third-order valence-corrected chi connectivity index (χ3v) is 1.99. The molecule has 4 heteroatoms.